The largest absolute Gasteiger partial charge is 0.358 e. The third-order valence-electron chi connectivity index (χ3n) is 4.93. The summed E-state index contributed by atoms with van der Waals surface area (Å²) in [6.07, 6.45) is 5.76. The zero-order chi connectivity index (χ0) is 20.3. The monoisotopic (exact) mass is 417 g/mol. The summed E-state index contributed by atoms with van der Waals surface area (Å²) in [4.78, 5) is 22.4. The van der Waals surface area contributed by atoms with E-state index < -0.39 is 11.9 Å². The molecule has 2 atom stereocenters. The number of benzene rings is 1. The molecule has 0 radical (unpaired) electrons. The second-order valence-corrected chi connectivity index (χ2v) is 7.72. The summed E-state index contributed by atoms with van der Waals surface area (Å²) in [5.41, 5.74) is 4.68. The second-order valence-electron chi connectivity index (χ2n) is 6.69. The molecule has 8 nitrogen and oxygen atoms in total. The number of amides is 1. The fraction of sp³-hybridized carbons (Fsp3) is 0.400. The minimum atomic E-state index is -1.11. The number of carbonyl (C=O) groups excluding carboxylic acids is 1. The van der Waals surface area contributed by atoms with Crippen LogP contribution < -0.4 is 10.8 Å². The minimum Gasteiger partial charge on any atom is -0.358 e. The second kappa shape index (κ2) is 8.70. The first-order valence-corrected chi connectivity index (χ1v) is 10.1. The average molecular weight is 417 g/mol. The van der Waals surface area contributed by atoms with E-state index in [4.69, 9.17) is 19.0 Å². The Morgan fingerprint density at radius 2 is 2.21 bits per heavy atom. The number of para-hydroxylation sites is 1. The van der Waals surface area contributed by atoms with Crippen molar-refractivity contribution in [1.29, 1.82) is 0 Å². The molecule has 2 aromatic rings. The number of ether oxygens (including phenoxy) is 3. The van der Waals surface area contributed by atoms with E-state index in [1.807, 2.05) is 36.4 Å². The van der Waals surface area contributed by atoms with Crippen molar-refractivity contribution in [2.24, 2.45) is 0 Å². The number of fused-ring (bicyclic) bond motifs is 1. The standard InChI is InChI=1S/C20H23N3O5S/c1-25-20(26-2)9-7-13(15-8-10-21-28-15)11-17(20)27-12-18(24)23-19-22-14-5-3-4-6-16(14)29-19/h3-7,9,11,15,17,21H,8,10,12H2,1-2H3,(H,22,23,24). The maximum absolute atomic E-state index is 12.4. The van der Waals surface area contributed by atoms with E-state index in [0.717, 1.165) is 28.8 Å². The number of nitrogens with one attached hydrogen (secondary N) is 2. The highest BCUT2D eigenvalue weighted by Gasteiger charge is 2.40. The van der Waals surface area contributed by atoms with Crippen LogP contribution >= 0.6 is 11.3 Å². The van der Waals surface area contributed by atoms with Crippen molar-refractivity contribution in [3.63, 3.8) is 0 Å². The fourth-order valence-corrected chi connectivity index (χ4v) is 4.26. The Morgan fingerprint density at radius 1 is 1.38 bits per heavy atom. The van der Waals surface area contributed by atoms with E-state index in [1.165, 1.54) is 25.6 Å². The first-order valence-electron chi connectivity index (χ1n) is 9.30. The number of methoxy groups -OCH3 is 2. The van der Waals surface area contributed by atoms with Crippen molar-refractivity contribution in [3.05, 3.63) is 48.1 Å². The quantitative estimate of drug-likeness (QED) is 0.669. The lowest BCUT2D eigenvalue weighted by Gasteiger charge is -2.36. The van der Waals surface area contributed by atoms with Crippen molar-refractivity contribution in [3.8, 4) is 0 Å². The van der Waals surface area contributed by atoms with Gasteiger partial charge < -0.3 is 14.2 Å². The molecule has 1 aromatic carbocycles. The lowest BCUT2D eigenvalue weighted by Crippen LogP contribution is -2.47. The van der Waals surface area contributed by atoms with Crippen molar-refractivity contribution >= 4 is 32.6 Å². The van der Waals surface area contributed by atoms with Crippen LogP contribution in [0.2, 0.25) is 0 Å². The number of thiazole rings is 1. The number of carbonyl (C=O) groups is 1. The Labute approximate surface area is 172 Å². The SMILES string of the molecule is COC1(OC)C=CC(C2CCNO2)=CC1OCC(=O)Nc1nc2ccccc2s1. The van der Waals surface area contributed by atoms with Crippen LogP contribution in [0.3, 0.4) is 0 Å². The molecule has 1 aromatic heterocycles. The minimum absolute atomic E-state index is 0.0689. The maximum Gasteiger partial charge on any atom is 0.252 e. The van der Waals surface area contributed by atoms with Crippen LogP contribution in [0.5, 0.6) is 0 Å². The Morgan fingerprint density at radius 3 is 2.93 bits per heavy atom. The van der Waals surface area contributed by atoms with Crippen LogP contribution in [0.25, 0.3) is 10.2 Å². The Bertz CT molecular complexity index is 898. The van der Waals surface area contributed by atoms with Gasteiger partial charge in [-0.15, -0.1) is 0 Å². The smallest absolute Gasteiger partial charge is 0.252 e. The molecule has 2 N–H and O–H groups in total. The summed E-state index contributed by atoms with van der Waals surface area (Å²) < 4.78 is 18.0. The van der Waals surface area contributed by atoms with Gasteiger partial charge in [0, 0.05) is 20.8 Å². The summed E-state index contributed by atoms with van der Waals surface area (Å²) in [7, 11) is 3.08. The molecule has 1 aliphatic heterocycles. The molecule has 1 saturated heterocycles. The molecular weight excluding hydrogens is 394 g/mol. The number of aromatic nitrogens is 1. The molecule has 2 unspecified atom stereocenters. The molecule has 4 rings (SSSR count). The van der Waals surface area contributed by atoms with Gasteiger partial charge in [-0.05, 0) is 36.3 Å². The highest BCUT2D eigenvalue weighted by atomic mass is 32.1. The predicted octanol–water partition coefficient (Wildman–Crippen LogP) is 2.40. The first kappa shape index (κ1) is 20.1. The van der Waals surface area contributed by atoms with E-state index in [-0.39, 0.29) is 18.6 Å². The van der Waals surface area contributed by atoms with Gasteiger partial charge in [0.25, 0.3) is 5.91 Å². The molecule has 2 aliphatic rings. The number of hydrogen-bond donors (Lipinski definition) is 2. The summed E-state index contributed by atoms with van der Waals surface area (Å²) in [5, 5.41) is 3.33. The fourth-order valence-electron chi connectivity index (χ4n) is 3.37. The number of nitrogens with zero attached hydrogens (tertiary/aromatic N) is 1. The summed E-state index contributed by atoms with van der Waals surface area (Å²) in [5.74, 6) is -1.40. The number of hydrogen-bond acceptors (Lipinski definition) is 8. The van der Waals surface area contributed by atoms with Gasteiger partial charge in [0.1, 0.15) is 18.8 Å². The molecule has 0 bridgehead atoms. The Kier molecular flexibility index (Phi) is 6.04. The summed E-state index contributed by atoms with van der Waals surface area (Å²) >= 11 is 1.42. The van der Waals surface area contributed by atoms with Crippen LogP contribution in [0, 0.1) is 0 Å². The predicted molar refractivity (Wildman–Crippen MR) is 109 cm³/mol. The zero-order valence-corrected chi connectivity index (χ0v) is 17.0. The third kappa shape index (κ3) is 4.25. The number of hydroxylamine groups is 1. The van der Waals surface area contributed by atoms with Gasteiger partial charge in [0.15, 0.2) is 5.13 Å². The lowest BCUT2D eigenvalue weighted by molar-refractivity contribution is -0.225. The van der Waals surface area contributed by atoms with Gasteiger partial charge >= 0.3 is 0 Å². The highest BCUT2D eigenvalue weighted by Crippen LogP contribution is 2.31. The molecule has 2 heterocycles. The van der Waals surface area contributed by atoms with Crippen LogP contribution in [-0.4, -0.2) is 56.3 Å². The molecule has 0 saturated carbocycles. The van der Waals surface area contributed by atoms with Gasteiger partial charge in [0.2, 0.25) is 5.79 Å². The van der Waals surface area contributed by atoms with Crippen molar-refractivity contribution in [2.75, 3.05) is 32.7 Å². The molecule has 154 valence electrons. The van der Waals surface area contributed by atoms with Crippen LogP contribution in [-0.2, 0) is 23.8 Å². The van der Waals surface area contributed by atoms with Crippen LogP contribution in [0.15, 0.2) is 48.1 Å². The molecule has 1 aliphatic carbocycles. The average Bonchev–Trinajstić information content (AvgIpc) is 3.41. The molecule has 0 spiro atoms. The first-order chi connectivity index (χ1) is 14.1. The molecule has 1 amide bonds. The zero-order valence-electron chi connectivity index (χ0n) is 16.2. The van der Waals surface area contributed by atoms with Gasteiger partial charge in [0.05, 0.1) is 10.2 Å². The lowest BCUT2D eigenvalue weighted by atomic mass is 9.94. The third-order valence-corrected chi connectivity index (χ3v) is 5.88. The number of rotatable bonds is 7. The highest BCUT2D eigenvalue weighted by molar-refractivity contribution is 7.22. The molecule has 1 fully saturated rings. The van der Waals surface area contributed by atoms with E-state index in [0.29, 0.717) is 5.13 Å². The Balaban J connectivity index is 1.43. The van der Waals surface area contributed by atoms with Gasteiger partial charge in [-0.2, -0.15) is 0 Å². The van der Waals surface area contributed by atoms with E-state index in [2.05, 4.69) is 15.8 Å². The Hall–Kier alpha value is -2.14. The molecule has 9 heteroatoms. The van der Waals surface area contributed by atoms with Crippen molar-refractivity contribution < 1.29 is 23.8 Å². The van der Waals surface area contributed by atoms with E-state index in [9.17, 15) is 4.79 Å². The van der Waals surface area contributed by atoms with Crippen LogP contribution in [0.4, 0.5) is 5.13 Å². The van der Waals surface area contributed by atoms with Gasteiger partial charge in [-0.25, -0.2) is 10.5 Å². The van der Waals surface area contributed by atoms with Gasteiger partial charge in [-0.3, -0.25) is 14.9 Å². The number of anilines is 1. The normalized spacial score (nSPS) is 23.3. The van der Waals surface area contributed by atoms with Crippen molar-refractivity contribution in [2.45, 2.75) is 24.4 Å². The van der Waals surface area contributed by atoms with Crippen molar-refractivity contribution in [1.82, 2.24) is 10.5 Å². The topological polar surface area (TPSA) is 90.9 Å². The molecule has 29 heavy (non-hydrogen) atoms. The summed E-state index contributed by atoms with van der Waals surface area (Å²) in [6, 6.07) is 7.72. The van der Waals surface area contributed by atoms with E-state index in [1.54, 1.807) is 6.08 Å². The summed E-state index contributed by atoms with van der Waals surface area (Å²) in [6.45, 7) is 0.613. The van der Waals surface area contributed by atoms with E-state index >= 15 is 0 Å². The van der Waals surface area contributed by atoms with Gasteiger partial charge in [-0.1, -0.05) is 29.5 Å². The maximum atomic E-state index is 12.4. The van der Waals surface area contributed by atoms with Crippen LogP contribution in [0.1, 0.15) is 6.42 Å². The molecular formula is C20H23N3O5S.